The van der Waals surface area contributed by atoms with Gasteiger partial charge < -0.3 is 14.5 Å². The summed E-state index contributed by atoms with van der Waals surface area (Å²) in [6, 6.07) is 8.92. The number of hydrazone groups is 1. The average Bonchev–Trinajstić information content (AvgIpc) is 3.32. The summed E-state index contributed by atoms with van der Waals surface area (Å²) in [4.78, 5) is 18.2. The fourth-order valence-electron chi connectivity index (χ4n) is 8.42. The van der Waals surface area contributed by atoms with Gasteiger partial charge in [0.15, 0.2) is 0 Å². The maximum Gasteiger partial charge on any atom is 0.246 e. The van der Waals surface area contributed by atoms with Gasteiger partial charge in [0, 0.05) is 37.6 Å². The summed E-state index contributed by atoms with van der Waals surface area (Å²) in [7, 11) is 0. The number of amides is 1. The third-order valence-corrected chi connectivity index (χ3v) is 9.87. The highest BCUT2D eigenvalue weighted by molar-refractivity contribution is 5.87. The van der Waals surface area contributed by atoms with Crippen molar-refractivity contribution in [3.8, 4) is 0 Å². The molecule has 6 nitrogen and oxygen atoms in total. The molecule has 0 spiro atoms. The number of anilines is 1. The number of ether oxygens (including phenoxy) is 1. The first-order valence-electron chi connectivity index (χ1n) is 15.0. The lowest BCUT2D eigenvalue weighted by atomic mass is 9.49. The number of allylic oxidation sites excluding steroid dienone is 2. The van der Waals surface area contributed by atoms with Crippen molar-refractivity contribution < 1.29 is 9.53 Å². The zero-order chi connectivity index (χ0) is 26.1. The number of morpholine rings is 1. The van der Waals surface area contributed by atoms with Gasteiger partial charge in [-0.3, -0.25) is 4.79 Å². The molecule has 1 aromatic carbocycles. The summed E-state index contributed by atoms with van der Waals surface area (Å²) in [5.41, 5.74) is 9.22. The third kappa shape index (κ3) is 5.04. The van der Waals surface area contributed by atoms with E-state index in [0.717, 1.165) is 89.3 Å². The van der Waals surface area contributed by atoms with Crippen LogP contribution in [0.1, 0.15) is 70.8 Å². The lowest BCUT2D eigenvalue weighted by Gasteiger charge is -2.55. The molecular weight excluding hydrogens is 472 g/mol. The van der Waals surface area contributed by atoms with Crippen LogP contribution in [0.3, 0.4) is 0 Å². The summed E-state index contributed by atoms with van der Waals surface area (Å²) in [6.45, 7) is 9.73. The minimum atomic E-state index is -0.161. The van der Waals surface area contributed by atoms with Crippen LogP contribution in [0.25, 0.3) is 6.08 Å². The van der Waals surface area contributed by atoms with Crippen LogP contribution >= 0.6 is 0 Å². The van der Waals surface area contributed by atoms with Gasteiger partial charge >= 0.3 is 0 Å². The number of hydrogen-bond acceptors (Lipinski definition) is 5. The number of rotatable bonds is 8. The van der Waals surface area contributed by atoms with Gasteiger partial charge in [-0.2, -0.15) is 5.10 Å². The second kappa shape index (κ2) is 10.9. The summed E-state index contributed by atoms with van der Waals surface area (Å²) >= 11 is 0. The van der Waals surface area contributed by atoms with Crippen LogP contribution in [0.5, 0.6) is 0 Å². The molecule has 1 amide bonds. The molecule has 7 rings (SSSR count). The molecular formula is C32H44N4O2. The van der Waals surface area contributed by atoms with E-state index in [9.17, 15) is 4.79 Å². The van der Waals surface area contributed by atoms with Crippen molar-refractivity contribution in [1.82, 2.24) is 10.3 Å². The predicted octanol–water partition coefficient (Wildman–Crippen LogP) is 5.61. The second-order valence-electron chi connectivity index (χ2n) is 12.3. The predicted molar refractivity (Wildman–Crippen MR) is 154 cm³/mol. The number of nitrogens with one attached hydrogen (secondary N) is 1. The molecule has 1 N–H and O–H groups in total. The molecule has 0 radical (unpaired) electrons. The fourth-order valence-corrected chi connectivity index (χ4v) is 8.42. The number of carbonyl (C=O) groups is 1. The Morgan fingerprint density at radius 3 is 2.26 bits per heavy atom. The number of nitrogens with zero attached hydrogens (tertiary/aromatic N) is 3. The Balaban J connectivity index is 1.20. The van der Waals surface area contributed by atoms with Gasteiger partial charge in [-0.25, -0.2) is 5.43 Å². The quantitative estimate of drug-likeness (QED) is 0.360. The molecule has 0 atom stereocenters. The van der Waals surface area contributed by atoms with Gasteiger partial charge in [0.2, 0.25) is 5.91 Å². The molecule has 6 aliphatic rings. The lowest BCUT2D eigenvalue weighted by Crippen LogP contribution is -2.52. The zero-order valence-electron chi connectivity index (χ0n) is 23.3. The number of benzene rings is 1. The highest BCUT2D eigenvalue weighted by Crippen LogP contribution is 2.60. The van der Waals surface area contributed by atoms with E-state index >= 15 is 0 Å². The van der Waals surface area contributed by atoms with Crippen molar-refractivity contribution in [2.45, 2.75) is 65.2 Å². The maximum absolute atomic E-state index is 13.4. The zero-order valence-corrected chi connectivity index (χ0v) is 23.3. The van der Waals surface area contributed by atoms with E-state index in [0.29, 0.717) is 0 Å². The average molecular weight is 517 g/mol. The minimum Gasteiger partial charge on any atom is -0.378 e. The van der Waals surface area contributed by atoms with Crippen molar-refractivity contribution >= 4 is 23.9 Å². The van der Waals surface area contributed by atoms with Crippen LogP contribution in [0.2, 0.25) is 0 Å². The van der Waals surface area contributed by atoms with Gasteiger partial charge in [-0.15, -0.1) is 0 Å². The Bertz CT molecular complexity index is 1070. The minimum absolute atomic E-state index is 0.161. The normalized spacial score (nSPS) is 31.6. The molecule has 1 saturated heterocycles. The van der Waals surface area contributed by atoms with E-state index in [1.807, 2.05) is 6.21 Å². The van der Waals surface area contributed by atoms with E-state index in [4.69, 9.17) is 4.74 Å². The summed E-state index contributed by atoms with van der Waals surface area (Å²) in [5.74, 6) is 2.45. The number of hydrogen-bond donors (Lipinski definition) is 1. The monoisotopic (exact) mass is 516 g/mol. The van der Waals surface area contributed by atoms with Crippen LogP contribution in [0.4, 0.5) is 5.69 Å². The van der Waals surface area contributed by atoms with E-state index < -0.39 is 0 Å². The van der Waals surface area contributed by atoms with Gasteiger partial charge in [0.1, 0.15) is 0 Å². The van der Waals surface area contributed by atoms with E-state index in [-0.39, 0.29) is 11.3 Å². The lowest BCUT2D eigenvalue weighted by molar-refractivity contribution is -0.146. The first-order valence-corrected chi connectivity index (χ1v) is 15.0. The molecule has 5 aliphatic carbocycles. The Hall–Kier alpha value is -2.60. The van der Waals surface area contributed by atoms with Crippen LogP contribution in [0.15, 0.2) is 46.2 Å². The molecule has 6 heteroatoms. The second-order valence-corrected chi connectivity index (χ2v) is 12.3. The smallest absolute Gasteiger partial charge is 0.246 e. The molecule has 1 heterocycles. The fraction of sp³-hybridized carbons (Fsp3) is 0.625. The molecule has 204 valence electrons. The van der Waals surface area contributed by atoms with Crippen molar-refractivity contribution in [3.63, 3.8) is 0 Å². The van der Waals surface area contributed by atoms with E-state index in [2.05, 4.69) is 64.5 Å². The van der Waals surface area contributed by atoms with Crippen LogP contribution in [0, 0.1) is 23.2 Å². The van der Waals surface area contributed by atoms with Crippen LogP contribution in [-0.2, 0) is 9.53 Å². The maximum atomic E-state index is 13.4. The highest BCUT2D eigenvalue weighted by Gasteiger charge is 2.54. The van der Waals surface area contributed by atoms with Crippen molar-refractivity contribution in [1.29, 1.82) is 0 Å². The van der Waals surface area contributed by atoms with Gasteiger partial charge in [0.25, 0.3) is 0 Å². The highest BCUT2D eigenvalue weighted by atomic mass is 16.5. The molecule has 1 aliphatic heterocycles. The largest absolute Gasteiger partial charge is 0.378 e. The Morgan fingerprint density at radius 2 is 1.66 bits per heavy atom. The molecule has 0 aromatic heterocycles. The van der Waals surface area contributed by atoms with Crippen molar-refractivity contribution in [3.05, 3.63) is 46.7 Å². The molecule has 0 unspecified atom stereocenters. The van der Waals surface area contributed by atoms with E-state index in [1.54, 1.807) is 0 Å². The van der Waals surface area contributed by atoms with Gasteiger partial charge in [0.05, 0.1) is 24.8 Å². The Kier molecular flexibility index (Phi) is 7.35. The van der Waals surface area contributed by atoms with Crippen molar-refractivity contribution in [2.75, 3.05) is 44.3 Å². The standard InChI is InChI=1S/C32H44N4O2/c1-3-35(4-2)29-9-5-23(6-10-29)18-27-7-8-28(30(27)36-11-13-38-14-12-36)22-33-34-31(37)32-19-24-15-25(20-32)17-26(16-24)21-32/h5-6,9-10,18,22,24-26H,3-4,7-8,11-17,19-21H2,1-2H3,(H,34,37)/b27-18+,33-22+. The third-order valence-electron chi connectivity index (χ3n) is 9.87. The molecule has 1 aromatic rings. The molecule has 4 bridgehead atoms. The summed E-state index contributed by atoms with van der Waals surface area (Å²) < 4.78 is 5.66. The summed E-state index contributed by atoms with van der Waals surface area (Å²) in [5, 5.41) is 4.57. The Labute approximate surface area is 228 Å². The SMILES string of the molecule is CCN(CC)c1ccc(/C=C2\CCC(/C=N/NC(=O)C34CC5CC(CC(C5)C3)C4)=C2N2CCOCC2)cc1. The first-order chi connectivity index (χ1) is 18.6. The van der Waals surface area contributed by atoms with Crippen LogP contribution in [-0.4, -0.2) is 56.4 Å². The van der Waals surface area contributed by atoms with Gasteiger partial charge in [-0.1, -0.05) is 12.1 Å². The van der Waals surface area contributed by atoms with E-state index in [1.165, 1.54) is 47.4 Å². The summed E-state index contributed by atoms with van der Waals surface area (Å²) in [6.07, 6.45) is 13.5. The van der Waals surface area contributed by atoms with Crippen LogP contribution < -0.4 is 10.3 Å². The molecule has 5 fully saturated rings. The first kappa shape index (κ1) is 25.7. The number of carbonyl (C=O) groups excluding carboxylic acids is 1. The molecule has 38 heavy (non-hydrogen) atoms. The van der Waals surface area contributed by atoms with Crippen molar-refractivity contribution in [2.24, 2.45) is 28.3 Å². The molecule has 4 saturated carbocycles. The van der Waals surface area contributed by atoms with Gasteiger partial charge in [-0.05, 0) is 118 Å². The Morgan fingerprint density at radius 1 is 1.03 bits per heavy atom. The topological polar surface area (TPSA) is 57.2 Å².